The first kappa shape index (κ1) is 13.1. The quantitative estimate of drug-likeness (QED) is 0.773. The standard InChI is InChI=1S/C16H12ClFO2/c1-9-2-5-15-12(6-9)14(19)8-16(20-15)11-4-3-10(17)7-13(11)18/h2-7,16H,8H2,1H3. The van der Waals surface area contributed by atoms with Crippen LogP contribution in [0.25, 0.3) is 0 Å². The Morgan fingerprint density at radius 3 is 2.80 bits per heavy atom. The van der Waals surface area contributed by atoms with Crippen molar-refractivity contribution in [3.05, 3.63) is 63.9 Å². The summed E-state index contributed by atoms with van der Waals surface area (Å²) in [6.45, 7) is 1.92. The first-order valence-electron chi connectivity index (χ1n) is 6.30. The van der Waals surface area contributed by atoms with Crippen molar-refractivity contribution in [3.8, 4) is 5.75 Å². The third kappa shape index (κ3) is 2.29. The van der Waals surface area contributed by atoms with Crippen molar-refractivity contribution >= 4 is 17.4 Å². The lowest BCUT2D eigenvalue weighted by Crippen LogP contribution is -2.21. The maximum atomic E-state index is 13.9. The van der Waals surface area contributed by atoms with E-state index in [2.05, 4.69) is 0 Å². The van der Waals surface area contributed by atoms with Gasteiger partial charge in [0.15, 0.2) is 5.78 Å². The fourth-order valence-corrected chi connectivity index (χ4v) is 2.53. The third-order valence-electron chi connectivity index (χ3n) is 3.38. The number of fused-ring (bicyclic) bond motifs is 1. The van der Waals surface area contributed by atoms with Gasteiger partial charge in [-0.3, -0.25) is 4.79 Å². The van der Waals surface area contributed by atoms with Crippen LogP contribution < -0.4 is 4.74 Å². The Balaban J connectivity index is 1.99. The van der Waals surface area contributed by atoms with Crippen LogP contribution in [-0.2, 0) is 0 Å². The van der Waals surface area contributed by atoms with Crippen LogP contribution in [0.15, 0.2) is 36.4 Å². The van der Waals surface area contributed by atoms with E-state index in [1.54, 1.807) is 24.3 Å². The van der Waals surface area contributed by atoms with Crippen LogP contribution in [0.3, 0.4) is 0 Å². The highest BCUT2D eigenvalue weighted by Crippen LogP contribution is 2.36. The summed E-state index contributed by atoms with van der Waals surface area (Å²) in [6, 6.07) is 9.81. The minimum absolute atomic E-state index is 0.0331. The number of ether oxygens (including phenoxy) is 1. The molecule has 0 saturated carbocycles. The Hall–Kier alpha value is -1.87. The highest BCUT2D eigenvalue weighted by atomic mass is 35.5. The van der Waals surface area contributed by atoms with E-state index in [1.807, 2.05) is 13.0 Å². The average molecular weight is 291 g/mol. The van der Waals surface area contributed by atoms with Gasteiger partial charge in [-0.15, -0.1) is 0 Å². The molecule has 20 heavy (non-hydrogen) atoms. The highest BCUT2D eigenvalue weighted by Gasteiger charge is 2.29. The predicted molar refractivity (Wildman–Crippen MR) is 74.9 cm³/mol. The van der Waals surface area contributed by atoms with Gasteiger partial charge in [-0.05, 0) is 31.2 Å². The minimum Gasteiger partial charge on any atom is -0.484 e. The number of hydrogen-bond acceptors (Lipinski definition) is 2. The molecule has 0 amide bonds. The summed E-state index contributed by atoms with van der Waals surface area (Å²) < 4.78 is 19.7. The molecule has 102 valence electrons. The summed E-state index contributed by atoms with van der Waals surface area (Å²) in [5.74, 6) is 0.0198. The zero-order chi connectivity index (χ0) is 14.3. The molecule has 2 nitrogen and oxygen atoms in total. The second-order valence-electron chi connectivity index (χ2n) is 4.90. The molecule has 1 aliphatic rings. The molecule has 0 saturated heterocycles. The van der Waals surface area contributed by atoms with Crippen LogP contribution in [0.2, 0.25) is 5.02 Å². The summed E-state index contributed by atoms with van der Waals surface area (Å²) in [4.78, 5) is 12.2. The van der Waals surface area contributed by atoms with Gasteiger partial charge in [-0.1, -0.05) is 29.3 Å². The Morgan fingerprint density at radius 2 is 2.05 bits per heavy atom. The Labute approximate surface area is 121 Å². The van der Waals surface area contributed by atoms with Gasteiger partial charge < -0.3 is 4.74 Å². The van der Waals surface area contributed by atoms with Crippen molar-refractivity contribution in [2.24, 2.45) is 0 Å². The number of carbonyl (C=O) groups is 1. The minimum atomic E-state index is -0.602. The molecule has 0 bridgehead atoms. The van der Waals surface area contributed by atoms with Crippen LogP contribution in [0, 0.1) is 12.7 Å². The largest absolute Gasteiger partial charge is 0.484 e. The summed E-state index contributed by atoms with van der Waals surface area (Å²) in [5, 5.41) is 0.324. The van der Waals surface area contributed by atoms with Gasteiger partial charge in [0.1, 0.15) is 17.7 Å². The van der Waals surface area contributed by atoms with E-state index < -0.39 is 11.9 Å². The molecule has 0 fully saturated rings. The number of carbonyl (C=O) groups excluding carboxylic acids is 1. The zero-order valence-electron chi connectivity index (χ0n) is 10.8. The lowest BCUT2D eigenvalue weighted by Gasteiger charge is -2.26. The molecule has 0 aliphatic carbocycles. The molecule has 0 aromatic heterocycles. The number of ketones is 1. The van der Waals surface area contributed by atoms with Crippen LogP contribution in [0.5, 0.6) is 5.75 Å². The Morgan fingerprint density at radius 1 is 1.25 bits per heavy atom. The van der Waals surface area contributed by atoms with Gasteiger partial charge >= 0.3 is 0 Å². The second-order valence-corrected chi connectivity index (χ2v) is 5.34. The van der Waals surface area contributed by atoms with Crippen LogP contribution >= 0.6 is 11.6 Å². The van der Waals surface area contributed by atoms with Crippen LogP contribution in [0.1, 0.15) is 34.0 Å². The van der Waals surface area contributed by atoms with Crippen LogP contribution in [-0.4, -0.2) is 5.78 Å². The molecule has 1 atom stereocenters. The van der Waals surface area contributed by atoms with E-state index in [4.69, 9.17) is 16.3 Å². The molecule has 4 heteroatoms. The average Bonchev–Trinajstić information content (AvgIpc) is 2.39. The molecule has 2 aromatic rings. The molecule has 0 spiro atoms. The molecule has 1 unspecified atom stereocenters. The van der Waals surface area contributed by atoms with Gasteiger partial charge in [-0.2, -0.15) is 0 Å². The van der Waals surface area contributed by atoms with Crippen LogP contribution in [0.4, 0.5) is 4.39 Å². The Kier molecular flexibility index (Phi) is 3.22. The van der Waals surface area contributed by atoms with Gasteiger partial charge in [0, 0.05) is 10.6 Å². The van der Waals surface area contributed by atoms with Crippen molar-refractivity contribution in [3.63, 3.8) is 0 Å². The molecule has 1 aliphatic heterocycles. The smallest absolute Gasteiger partial charge is 0.170 e. The van der Waals surface area contributed by atoms with E-state index in [-0.39, 0.29) is 12.2 Å². The van der Waals surface area contributed by atoms with Gasteiger partial charge in [-0.25, -0.2) is 4.39 Å². The monoisotopic (exact) mass is 290 g/mol. The maximum absolute atomic E-state index is 13.9. The number of aryl methyl sites for hydroxylation is 1. The van der Waals surface area contributed by atoms with Gasteiger partial charge in [0.25, 0.3) is 0 Å². The molecule has 1 heterocycles. The number of rotatable bonds is 1. The molecular weight excluding hydrogens is 279 g/mol. The summed E-state index contributed by atoms with van der Waals surface area (Å²) in [5.41, 5.74) is 1.92. The molecule has 3 rings (SSSR count). The van der Waals surface area contributed by atoms with E-state index in [0.717, 1.165) is 5.56 Å². The second kappa shape index (κ2) is 4.91. The lowest BCUT2D eigenvalue weighted by atomic mass is 9.95. The third-order valence-corrected chi connectivity index (χ3v) is 3.62. The van der Waals surface area contributed by atoms with Gasteiger partial charge in [0.05, 0.1) is 12.0 Å². The number of halogens is 2. The SMILES string of the molecule is Cc1ccc2c(c1)C(=O)CC(c1ccc(Cl)cc1F)O2. The topological polar surface area (TPSA) is 26.3 Å². The van der Waals surface area contributed by atoms with E-state index in [9.17, 15) is 9.18 Å². The van der Waals surface area contributed by atoms with E-state index >= 15 is 0 Å². The van der Waals surface area contributed by atoms with Crippen molar-refractivity contribution in [2.45, 2.75) is 19.4 Å². The molecule has 0 radical (unpaired) electrons. The predicted octanol–water partition coefficient (Wildman–Crippen LogP) is 4.49. The van der Waals surface area contributed by atoms with Crippen molar-refractivity contribution in [1.82, 2.24) is 0 Å². The summed E-state index contributed by atoms with van der Waals surface area (Å²) >= 11 is 5.74. The molecule has 2 aromatic carbocycles. The molecular formula is C16H12ClFO2. The normalized spacial score (nSPS) is 17.6. The van der Waals surface area contributed by atoms with Gasteiger partial charge in [0.2, 0.25) is 0 Å². The van der Waals surface area contributed by atoms with Crippen molar-refractivity contribution in [2.75, 3.05) is 0 Å². The first-order chi connectivity index (χ1) is 9.54. The summed E-state index contributed by atoms with van der Waals surface area (Å²) in [7, 11) is 0. The Bertz CT molecular complexity index is 697. The lowest BCUT2D eigenvalue weighted by molar-refractivity contribution is 0.0845. The fourth-order valence-electron chi connectivity index (χ4n) is 2.37. The number of Topliss-reactive ketones (excluding diaryl/α,β-unsaturated/α-hetero) is 1. The summed E-state index contributed by atoms with van der Waals surface area (Å²) in [6.07, 6.45) is -0.468. The maximum Gasteiger partial charge on any atom is 0.170 e. The highest BCUT2D eigenvalue weighted by molar-refractivity contribution is 6.30. The van der Waals surface area contributed by atoms with E-state index in [1.165, 1.54) is 6.07 Å². The number of benzene rings is 2. The number of hydrogen-bond donors (Lipinski definition) is 0. The molecule has 0 N–H and O–H groups in total. The first-order valence-corrected chi connectivity index (χ1v) is 6.68. The van der Waals surface area contributed by atoms with E-state index in [0.29, 0.717) is 21.9 Å². The zero-order valence-corrected chi connectivity index (χ0v) is 11.6. The van der Waals surface area contributed by atoms with Crippen molar-refractivity contribution < 1.29 is 13.9 Å². The fraction of sp³-hybridized carbons (Fsp3) is 0.188. The van der Waals surface area contributed by atoms with Crippen molar-refractivity contribution in [1.29, 1.82) is 0 Å².